The number of hydrogen-bond acceptors (Lipinski definition) is 7. The van der Waals surface area contributed by atoms with Crippen molar-refractivity contribution in [1.82, 2.24) is 5.43 Å². The second kappa shape index (κ2) is 14.2. The number of hydrogen-bond donors (Lipinski definition) is 3. The molecule has 0 radical (unpaired) electrons. The van der Waals surface area contributed by atoms with Crippen molar-refractivity contribution in [2.75, 3.05) is 31.0 Å². The Labute approximate surface area is 227 Å². The van der Waals surface area contributed by atoms with Crippen LogP contribution in [0.4, 0.5) is 11.4 Å². The van der Waals surface area contributed by atoms with Gasteiger partial charge in [0, 0.05) is 11.4 Å². The maximum atomic E-state index is 12.3. The first-order valence-corrected chi connectivity index (χ1v) is 12.3. The average Bonchev–Trinajstić information content (AvgIpc) is 2.93. The fourth-order valence-corrected chi connectivity index (χ4v) is 3.43. The average molecular weight is 533 g/mol. The van der Waals surface area contributed by atoms with Crippen LogP contribution in [0.25, 0.3) is 0 Å². The second-order valence-corrected chi connectivity index (χ2v) is 8.59. The van der Waals surface area contributed by atoms with E-state index >= 15 is 0 Å². The Balaban J connectivity index is 1.50. The summed E-state index contributed by atoms with van der Waals surface area (Å²) in [7, 11) is 1.47. The molecule has 39 heavy (non-hydrogen) atoms. The van der Waals surface area contributed by atoms with E-state index in [0.29, 0.717) is 35.1 Å². The Hall–Kier alpha value is -4.86. The molecule has 0 aliphatic heterocycles. The molecule has 3 aromatic carbocycles. The van der Waals surface area contributed by atoms with Gasteiger partial charge >= 0.3 is 11.8 Å². The van der Waals surface area contributed by atoms with Gasteiger partial charge in [0.25, 0.3) is 5.91 Å². The van der Waals surface area contributed by atoms with Gasteiger partial charge in [-0.25, -0.2) is 5.43 Å². The van der Waals surface area contributed by atoms with Crippen LogP contribution in [-0.4, -0.2) is 44.3 Å². The first-order chi connectivity index (χ1) is 18.8. The minimum Gasteiger partial charge on any atom is -0.494 e. The Bertz CT molecular complexity index is 1340. The summed E-state index contributed by atoms with van der Waals surface area (Å²) in [5.74, 6) is -0.699. The fraction of sp³-hybridized carbons (Fsp3) is 0.241. The third kappa shape index (κ3) is 8.89. The van der Waals surface area contributed by atoms with Crippen LogP contribution < -0.4 is 30.3 Å². The van der Waals surface area contributed by atoms with Crippen molar-refractivity contribution < 1.29 is 28.6 Å². The SMILES string of the molecule is CCCOc1ccc(NC(=O)C(=O)N/N=C\c2ccc(OCC(=O)Nc3ccc(C)cc3C)c(OC)c2)cc1. The lowest BCUT2D eigenvalue weighted by Gasteiger charge is -2.12. The molecule has 0 bridgehead atoms. The molecule has 204 valence electrons. The number of carbonyl (C=O) groups excluding carboxylic acids is 3. The molecule has 0 atom stereocenters. The number of anilines is 2. The van der Waals surface area contributed by atoms with Crippen molar-refractivity contribution in [3.63, 3.8) is 0 Å². The number of aryl methyl sites for hydroxylation is 2. The summed E-state index contributed by atoms with van der Waals surface area (Å²) in [6, 6.07) is 17.4. The Morgan fingerprint density at radius 1 is 0.872 bits per heavy atom. The van der Waals surface area contributed by atoms with Gasteiger partial charge in [0.1, 0.15) is 5.75 Å². The molecule has 3 amide bonds. The van der Waals surface area contributed by atoms with Gasteiger partial charge < -0.3 is 24.8 Å². The number of methoxy groups -OCH3 is 1. The largest absolute Gasteiger partial charge is 0.494 e. The summed E-state index contributed by atoms with van der Waals surface area (Å²) in [5, 5.41) is 9.14. The normalized spacial score (nSPS) is 10.6. The number of hydrazone groups is 1. The summed E-state index contributed by atoms with van der Waals surface area (Å²) in [6.07, 6.45) is 2.24. The van der Waals surface area contributed by atoms with E-state index < -0.39 is 11.8 Å². The zero-order chi connectivity index (χ0) is 28.2. The highest BCUT2D eigenvalue weighted by atomic mass is 16.5. The molecule has 0 fully saturated rings. The molecule has 0 heterocycles. The minimum atomic E-state index is -0.931. The van der Waals surface area contributed by atoms with Crippen LogP contribution in [0.15, 0.2) is 65.8 Å². The highest BCUT2D eigenvalue weighted by molar-refractivity contribution is 6.39. The Kier molecular flexibility index (Phi) is 10.4. The predicted octanol–water partition coefficient (Wildman–Crippen LogP) is 4.21. The van der Waals surface area contributed by atoms with Gasteiger partial charge in [0.2, 0.25) is 0 Å². The number of amides is 3. The maximum Gasteiger partial charge on any atom is 0.329 e. The zero-order valence-electron chi connectivity index (χ0n) is 22.4. The van der Waals surface area contributed by atoms with Crippen LogP contribution in [-0.2, 0) is 14.4 Å². The molecule has 0 aromatic heterocycles. The predicted molar refractivity (Wildman–Crippen MR) is 150 cm³/mol. The van der Waals surface area contributed by atoms with Crippen molar-refractivity contribution in [2.24, 2.45) is 5.10 Å². The van der Waals surface area contributed by atoms with Crippen LogP contribution >= 0.6 is 0 Å². The van der Waals surface area contributed by atoms with E-state index in [1.54, 1.807) is 42.5 Å². The summed E-state index contributed by atoms with van der Waals surface area (Å²) < 4.78 is 16.5. The molecule has 10 heteroatoms. The van der Waals surface area contributed by atoms with E-state index in [1.165, 1.54) is 13.3 Å². The Morgan fingerprint density at radius 3 is 2.33 bits per heavy atom. The maximum absolute atomic E-state index is 12.3. The number of nitrogens with one attached hydrogen (secondary N) is 3. The van der Waals surface area contributed by atoms with Crippen molar-refractivity contribution >= 4 is 35.3 Å². The Morgan fingerprint density at radius 2 is 1.64 bits per heavy atom. The van der Waals surface area contributed by atoms with E-state index in [4.69, 9.17) is 14.2 Å². The van der Waals surface area contributed by atoms with Crippen molar-refractivity contribution in [3.8, 4) is 17.2 Å². The molecule has 0 saturated heterocycles. The molecule has 0 saturated carbocycles. The summed E-state index contributed by atoms with van der Waals surface area (Å²) >= 11 is 0. The van der Waals surface area contributed by atoms with Gasteiger partial charge in [-0.1, -0.05) is 24.6 Å². The summed E-state index contributed by atoms with van der Waals surface area (Å²) in [4.78, 5) is 36.6. The molecular formula is C29H32N4O6. The van der Waals surface area contributed by atoms with E-state index in [2.05, 4.69) is 21.2 Å². The van der Waals surface area contributed by atoms with E-state index in [0.717, 1.165) is 23.2 Å². The van der Waals surface area contributed by atoms with E-state index in [-0.39, 0.29) is 12.5 Å². The zero-order valence-corrected chi connectivity index (χ0v) is 22.4. The van der Waals surface area contributed by atoms with Gasteiger partial charge in [-0.3, -0.25) is 14.4 Å². The van der Waals surface area contributed by atoms with Gasteiger partial charge in [-0.2, -0.15) is 5.10 Å². The number of nitrogens with zero attached hydrogens (tertiary/aromatic N) is 1. The fourth-order valence-electron chi connectivity index (χ4n) is 3.43. The highest BCUT2D eigenvalue weighted by Gasteiger charge is 2.13. The third-order valence-corrected chi connectivity index (χ3v) is 5.37. The minimum absolute atomic E-state index is 0.212. The molecule has 3 aromatic rings. The topological polar surface area (TPSA) is 127 Å². The lowest BCUT2D eigenvalue weighted by Crippen LogP contribution is -2.32. The van der Waals surface area contributed by atoms with Gasteiger partial charge in [0.15, 0.2) is 18.1 Å². The molecular weight excluding hydrogens is 500 g/mol. The number of carbonyl (C=O) groups is 3. The van der Waals surface area contributed by atoms with Crippen LogP contribution in [0.1, 0.15) is 30.0 Å². The molecule has 3 rings (SSSR count). The smallest absolute Gasteiger partial charge is 0.329 e. The van der Waals surface area contributed by atoms with Gasteiger partial charge in [-0.05, 0) is 79.9 Å². The molecule has 3 N–H and O–H groups in total. The van der Waals surface area contributed by atoms with Gasteiger partial charge in [-0.15, -0.1) is 0 Å². The molecule has 0 unspecified atom stereocenters. The highest BCUT2D eigenvalue weighted by Crippen LogP contribution is 2.27. The van der Waals surface area contributed by atoms with Crippen LogP contribution in [0, 0.1) is 13.8 Å². The van der Waals surface area contributed by atoms with Crippen molar-refractivity contribution in [3.05, 3.63) is 77.4 Å². The van der Waals surface area contributed by atoms with Gasteiger partial charge in [0.05, 0.1) is 19.9 Å². The molecule has 0 aliphatic carbocycles. The summed E-state index contributed by atoms with van der Waals surface area (Å²) in [6.45, 7) is 6.30. The molecule has 0 spiro atoms. The number of ether oxygens (including phenoxy) is 3. The first kappa shape index (κ1) is 28.7. The van der Waals surface area contributed by atoms with Crippen LogP contribution in [0.5, 0.6) is 17.2 Å². The second-order valence-electron chi connectivity index (χ2n) is 8.59. The monoisotopic (exact) mass is 532 g/mol. The number of rotatable bonds is 11. The van der Waals surface area contributed by atoms with Crippen LogP contribution in [0.3, 0.4) is 0 Å². The quantitative estimate of drug-likeness (QED) is 0.193. The van der Waals surface area contributed by atoms with E-state index in [1.807, 2.05) is 39.0 Å². The van der Waals surface area contributed by atoms with Crippen molar-refractivity contribution in [2.45, 2.75) is 27.2 Å². The van der Waals surface area contributed by atoms with Crippen molar-refractivity contribution in [1.29, 1.82) is 0 Å². The molecule has 10 nitrogen and oxygen atoms in total. The lowest BCUT2D eigenvalue weighted by molar-refractivity contribution is -0.136. The van der Waals surface area contributed by atoms with E-state index in [9.17, 15) is 14.4 Å². The standard InChI is InChI=1S/C29H32N4O6/c1-5-14-38-23-10-8-22(9-11-23)31-28(35)29(36)33-30-17-21-7-13-25(26(16-21)37-4)39-18-27(34)32-24-12-6-19(2)15-20(24)3/h6-13,15-17H,5,14,18H2,1-4H3,(H,31,35)(H,32,34)(H,33,36)/b30-17-. The molecule has 0 aliphatic rings. The first-order valence-electron chi connectivity index (χ1n) is 12.3. The summed E-state index contributed by atoms with van der Waals surface area (Å²) in [5.41, 5.74) is 5.99. The third-order valence-electron chi connectivity index (χ3n) is 5.37. The van der Waals surface area contributed by atoms with Crippen LogP contribution in [0.2, 0.25) is 0 Å². The number of benzene rings is 3. The lowest BCUT2D eigenvalue weighted by atomic mass is 10.1.